The molecule has 0 aromatic heterocycles. The SMILES string of the molecule is O=C(O)C(I)(Cc1ccccc1)C(=O)O. The molecule has 80 valence electrons. The lowest BCUT2D eigenvalue weighted by atomic mass is 10.00. The first-order valence-electron chi connectivity index (χ1n) is 4.16. The smallest absolute Gasteiger partial charge is 0.331 e. The van der Waals surface area contributed by atoms with E-state index in [1.807, 2.05) is 0 Å². The molecule has 0 amide bonds. The van der Waals surface area contributed by atoms with Crippen LogP contribution < -0.4 is 0 Å². The van der Waals surface area contributed by atoms with E-state index in [-0.39, 0.29) is 6.42 Å². The lowest BCUT2D eigenvalue weighted by Gasteiger charge is -2.17. The van der Waals surface area contributed by atoms with Crippen molar-refractivity contribution in [1.82, 2.24) is 0 Å². The van der Waals surface area contributed by atoms with Crippen molar-refractivity contribution >= 4 is 34.5 Å². The molecule has 0 heterocycles. The molecule has 0 bridgehead atoms. The van der Waals surface area contributed by atoms with Crippen LogP contribution in [0.4, 0.5) is 0 Å². The summed E-state index contributed by atoms with van der Waals surface area (Å²) in [5.74, 6) is -2.67. The highest BCUT2D eigenvalue weighted by Crippen LogP contribution is 2.25. The molecule has 0 radical (unpaired) electrons. The van der Waals surface area contributed by atoms with Crippen LogP contribution in [0.25, 0.3) is 0 Å². The van der Waals surface area contributed by atoms with E-state index in [9.17, 15) is 9.59 Å². The second kappa shape index (κ2) is 4.61. The Balaban J connectivity index is 2.95. The summed E-state index contributed by atoms with van der Waals surface area (Å²) in [6, 6.07) is 8.70. The second-order valence-electron chi connectivity index (χ2n) is 3.07. The average molecular weight is 320 g/mol. The maximum atomic E-state index is 10.9. The third-order valence-electron chi connectivity index (χ3n) is 1.97. The number of hydrogen-bond acceptors (Lipinski definition) is 2. The summed E-state index contributed by atoms with van der Waals surface area (Å²) < 4.78 is -1.79. The van der Waals surface area contributed by atoms with Crippen molar-refractivity contribution in [3.8, 4) is 0 Å². The van der Waals surface area contributed by atoms with Gasteiger partial charge in [-0.05, 0) is 5.56 Å². The van der Waals surface area contributed by atoms with E-state index in [0.29, 0.717) is 5.56 Å². The molecule has 0 saturated carbocycles. The fourth-order valence-corrected chi connectivity index (χ4v) is 1.56. The van der Waals surface area contributed by atoms with Crippen LogP contribution in [0.3, 0.4) is 0 Å². The number of rotatable bonds is 4. The molecular weight excluding hydrogens is 311 g/mol. The highest BCUT2D eigenvalue weighted by molar-refractivity contribution is 14.1. The monoisotopic (exact) mass is 320 g/mol. The van der Waals surface area contributed by atoms with Crippen molar-refractivity contribution < 1.29 is 19.8 Å². The van der Waals surface area contributed by atoms with Gasteiger partial charge in [-0.25, -0.2) is 0 Å². The summed E-state index contributed by atoms with van der Waals surface area (Å²) in [6.45, 7) is 0. The topological polar surface area (TPSA) is 74.6 Å². The van der Waals surface area contributed by atoms with E-state index in [1.165, 1.54) is 22.6 Å². The highest BCUT2D eigenvalue weighted by atomic mass is 127. The van der Waals surface area contributed by atoms with Gasteiger partial charge in [-0.2, -0.15) is 0 Å². The Morgan fingerprint density at radius 2 is 1.60 bits per heavy atom. The first-order valence-corrected chi connectivity index (χ1v) is 5.24. The first-order chi connectivity index (χ1) is 6.97. The van der Waals surface area contributed by atoms with Crippen molar-refractivity contribution in [3.63, 3.8) is 0 Å². The Morgan fingerprint density at radius 3 is 2.00 bits per heavy atom. The summed E-state index contributed by atoms with van der Waals surface area (Å²) >= 11 is 1.46. The molecule has 0 aliphatic carbocycles. The minimum Gasteiger partial charge on any atom is -0.480 e. The van der Waals surface area contributed by atoms with Crippen molar-refractivity contribution in [1.29, 1.82) is 0 Å². The Hall–Kier alpha value is -1.11. The molecule has 4 nitrogen and oxygen atoms in total. The summed E-state index contributed by atoms with van der Waals surface area (Å²) in [6.07, 6.45) is -0.0287. The van der Waals surface area contributed by atoms with Crippen LogP contribution in [0.1, 0.15) is 5.56 Å². The summed E-state index contributed by atoms with van der Waals surface area (Å²) in [5, 5.41) is 17.8. The van der Waals surface area contributed by atoms with Crippen molar-refractivity contribution in [2.45, 2.75) is 9.84 Å². The quantitative estimate of drug-likeness (QED) is 0.502. The van der Waals surface area contributed by atoms with Gasteiger partial charge in [0, 0.05) is 6.42 Å². The van der Waals surface area contributed by atoms with E-state index in [1.54, 1.807) is 30.3 Å². The standard InChI is InChI=1S/C10H9IO4/c11-10(8(12)13,9(14)15)6-7-4-2-1-3-5-7/h1-5H,6H2,(H,12,13)(H,14,15). The zero-order valence-electron chi connectivity index (χ0n) is 7.68. The Morgan fingerprint density at radius 1 is 1.13 bits per heavy atom. The van der Waals surface area contributed by atoms with Gasteiger partial charge in [0.25, 0.3) is 0 Å². The van der Waals surface area contributed by atoms with Crippen LogP contribution in [0.5, 0.6) is 0 Å². The van der Waals surface area contributed by atoms with Crippen LogP contribution in [-0.4, -0.2) is 25.6 Å². The Labute approximate surface area is 100 Å². The Bertz CT molecular complexity index is 360. The van der Waals surface area contributed by atoms with E-state index in [4.69, 9.17) is 10.2 Å². The van der Waals surface area contributed by atoms with Gasteiger partial charge in [-0.1, -0.05) is 52.9 Å². The largest absolute Gasteiger partial charge is 0.480 e. The molecule has 1 aromatic carbocycles. The lowest BCUT2D eigenvalue weighted by molar-refractivity contribution is -0.150. The second-order valence-corrected chi connectivity index (χ2v) is 4.92. The van der Waals surface area contributed by atoms with E-state index >= 15 is 0 Å². The fourth-order valence-electron chi connectivity index (χ4n) is 1.12. The molecule has 1 aromatic rings. The number of halogens is 1. The predicted octanol–water partition coefficient (Wildman–Crippen LogP) is 1.57. The highest BCUT2D eigenvalue weighted by Gasteiger charge is 2.43. The van der Waals surface area contributed by atoms with Gasteiger partial charge in [0.2, 0.25) is 3.42 Å². The molecule has 1 rings (SSSR count). The van der Waals surface area contributed by atoms with Gasteiger partial charge in [0.05, 0.1) is 0 Å². The van der Waals surface area contributed by atoms with Gasteiger partial charge < -0.3 is 10.2 Å². The third kappa shape index (κ3) is 2.68. The number of carboxylic acids is 2. The molecule has 0 spiro atoms. The van der Waals surface area contributed by atoms with Gasteiger partial charge in [-0.15, -0.1) is 0 Å². The van der Waals surface area contributed by atoms with Crippen molar-refractivity contribution in [2.75, 3.05) is 0 Å². The van der Waals surface area contributed by atoms with Gasteiger partial charge in [0.15, 0.2) is 0 Å². The third-order valence-corrected chi connectivity index (χ3v) is 3.27. The number of hydrogen-bond donors (Lipinski definition) is 2. The fraction of sp³-hybridized carbons (Fsp3) is 0.200. The number of carbonyl (C=O) groups is 2. The molecular formula is C10H9IO4. The minimum absolute atomic E-state index is 0.0287. The molecule has 0 aliphatic rings. The van der Waals surface area contributed by atoms with Crippen LogP contribution in [0, 0.1) is 0 Å². The lowest BCUT2D eigenvalue weighted by Crippen LogP contribution is -2.42. The minimum atomic E-state index is -1.79. The van der Waals surface area contributed by atoms with E-state index in [0.717, 1.165) is 0 Å². The summed E-state index contributed by atoms with van der Waals surface area (Å²) in [7, 11) is 0. The van der Waals surface area contributed by atoms with E-state index in [2.05, 4.69) is 0 Å². The molecule has 15 heavy (non-hydrogen) atoms. The number of carboxylic acid groups (broad SMARTS) is 2. The van der Waals surface area contributed by atoms with Crippen LogP contribution in [0.15, 0.2) is 30.3 Å². The summed E-state index contributed by atoms with van der Waals surface area (Å²) in [4.78, 5) is 21.8. The summed E-state index contributed by atoms with van der Waals surface area (Å²) in [5.41, 5.74) is 0.691. The maximum absolute atomic E-state index is 10.9. The molecule has 5 heteroatoms. The first kappa shape index (κ1) is 12.0. The van der Waals surface area contributed by atoms with Gasteiger partial charge in [-0.3, -0.25) is 9.59 Å². The Kier molecular flexibility index (Phi) is 3.67. The molecule has 0 unspecified atom stereocenters. The molecule has 0 saturated heterocycles. The van der Waals surface area contributed by atoms with Crippen LogP contribution in [0.2, 0.25) is 0 Å². The van der Waals surface area contributed by atoms with Crippen LogP contribution >= 0.6 is 22.6 Å². The average Bonchev–Trinajstić information content (AvgIpc) is 2.18. The molecule has 0 aliphatic heterocycles. The molecule has 0 atom stereocenters. The number of benzene rings is 1. The number of alkyl halides is 1. The zero-order valence-corrected chi connectivity index (χ0v) is 9.84. The number of aliphatic carboxylic acids is 2. The van der Waals surface area contributed by atoms with Gasteiger partial charge in [0.1, 0.15) is 0 Å². The van der Waals surface area contributed by atoms with E-state index < -0.39 is 15.4 Å². The molecule has 2 N–H and O–H groups in total. The predicted molar refractivity (Wildman–Crippen MR) is 62.2 cm³/mol. The van der Waals surface area contributed by atoms with Crippen molar-refractivity contribution in [3.05, 3.63) is 35.9 Å². The van der Waals surface area contributed by atoms with Crippen LogP contribution in [-0.2, 0) is 16.0 Å². The normalized spacial score (nSPS) is 11.0. The maximum Gasteiger partial charge on any atom is 0.331 e. The van der Waals surface area contributed by atoms with Gasteiger partial charge >= 0.3 is 11.9 Å². The van der Waals surface area contributed by atoms with Crippen molar-refractivity contribution in [2.24, 2.45) is 0 Å². The zero-order chi connectivity index (χ0) is 11.5. The molecule has 0 fully saturated rings.